The van der Waals surface area contributed by atoms with Crippen LogP contribution in [0, 0.1) is 11.6 Å². The Hall–Kier alpha value is -1.00. The molecule has 2 N–H and O–H groups in total. The van der Waals surface area contributed by atoms with E-state index in [4.69, 9.17) is 0 Å². The van der Waals surface area contributed by atoms with E-state index < -0.39 is 11.6 Å². The minimum absolute atomic E-state index is 0.137. The molecule has 94 valence electrons. The lowest BCUT2D eigenvalue weighted by Gasteiger charge is -2.27. The highest BCUT2D eigenvalue weighted by atomic mass is 19.1. The molecule has 2 atom stereocenters. The van der Waals surface area contributed by atoms with Crippen LogP contribution in [0.4, 0.5) is 8.78 Å². The molecule has 2 unspecified atom stereocenters. The van der Waals surface area contributed by atoms with E-state index in [9.17, 15) is 8.78 Å². The van der Waals surface area contributed by atoms with Gasteiger partial charge >= 0.3 is 0 Å². The Morgan fingerprint density at radius 1 is 1.35 bits per heavy atom. The van der Waals surface area contributed by atoms with E-state index in [0.717, 1.165) is 25.9 Å². The van der Waals surface area contributed by atoms with Crippen molar-refractivity contribution in [3.8, 4) is 0 Å². The van der Waals surface area contributed by atoms with Crippen molar-refractivity contribution in [2.24, 2.45) is 0 Å². The van der Waals surface area contributed by atoms with Crippen LogP contribution in [0.25, 0.3) is 0 Å². The molecule has 0 spiro atoms. The second kappa shape index (κ2) is 5.56. The lowest BCUT2D eigenvalue weighted by atomic mass is 10.0. The molecule has 1 aliphatic heterocycles. The normalized spacial score (nSPS) is 22.4. The van der Waals surface area contributed by atoms with Gasteiger partial charge in [-0.15, -0.1) is 0 Å². The summed E-state index contributed by atoms with van der Waals surface area (Å²) in [4.78, 5) is 0. The van der Waals surface area contributed by atoms with E-state index in [1.165, 1.54) is 18.2 Å². The third-order valence-corrected chi connectivity index (χ3v) is 3.22. The first-order valence-corrected chi connectivity index (χ1v) is 6.09. The molecule has 17 heavy (non-hydrogen) atoms. The van der Waals surface area contributed by atoms with Crippen molar-refractivity contribution in [1.82, 2.24) is 10.6 Å². The summed E-state index contributed by atoms with van der Waals surface area (Å²) in [7, 11) is 0. The number of hydrogen-bond acceptors (Lipinski definition) is 2. The monoisotopic (exact) mass is 240 g/mol. The van der Waals surface area contributed by atoms with Crippen LogP contribution in [0.2, 0.25) is 0 Å². The summed E-state index contributed by atoms with van der Waals surface area (Å²) in [5, 5.41) is 6.55. The van der Waals surface area contributed by atoms with Gasteiger partial charge < -0.3 is 10.6 Å². The number of piperidine rings is 1. The van der Waals surface area contributed by atoms with E-state index in [0.29, 0.717) is 0 Å². The van der Waals surface area contributed by atoms with Crippen molar-refractivity contribution >= 4 is 0 Å². The van der Waals surface area contributed by atoms with Crippen molar-refractivity contribution < 1.29 is 8.78 Å². The number of benzene rings is 1. The molecule has 2 rings (SSSR count). The van der Waals surface area contributed by atoms with E-state index in [-0.39, 0.29) is 17.6 Å². The molecular weight excluding hydrogens is 222 g/mol. The smallest absolute Gasteiger partial charge is 0.130 e. The third kappa shape index (κ3) is 3.01. The number of hydrogen-bond donors (Lipinski definition) is 2. The first kappa shape index (κ1) is 12.5. The molecule has 0 bridgehead atoms. The Morgan fingerprint density at radius 2 is 2.06 bits per heavy atom. The molecule has 0 aliphatic carbocycles. The molecule has 0 saturated carbocycles. The molecular formula is C13H18F2N2. The molecule has 1 aliphatic rings. The van der Waals surface area contributed by atoms with Crippen LogP contribution in [0.5, 0.6) is 0 Å². The van der Waals surface area contributed by atoms with Gasteiger partial charge in [0, 0.05) is 24.2 Å². The summed E-state index contributed by atoms with van der Waals surface area (Å²) >= 11 is 0. The highest BCUT2D eigenvalue weighted by molar-refractivity contribution is 5.22. The summed E-state index contributed by atoms with van der Waals surface area (Å²) in [5.74, 6) is -0.956. The SMILES string of the molecule is CC(NC1CCCNC1)c1c(F)cccc1F. The van der Waals surface area contributed by atoms with Crippen molar-refractivity contribution in [2.75, 3.05) is 13.1 Å². The molecule has 0 aromatic heterocycles. The predicted octanol–water partition coefficient (Wildman–Crippen LogP) is 2.37. The molecule has 1 heterocycles. The maximum Gasteiger partial charge on any atom is 0.130 e. The minimum Gasteiger partial charge on any atom is -0.315 e. The topological polar surface area (TPSA) is 24.1 Å². The van der Waals surface area contributed by atoms with Gasteiger partial charge in [0.05, 0.1) is 0 Å². The lowest BCUT2D eigenvalue weighted by molar-refractivity contribution is 0.353. The second-order valence-corrected chi connectivity index (χ2v) is 4.57. The second-order valence-electron chi connectivity index (χ2n) is 4.57. The summed E-state index contributed by atoms with van der Waals surface area (Å²) in [6.45, 7) is 3.69. The van der Waals surface area contributed by atoms with Gasteiger partial charge in [0.15, 0.2) is 0 Å². The third-order valence-electron chi connectivity index (χ3n) is 3.22. The zero-order valence-electron chi connectivity index (χ0n) is 9.97. The molecule has 1 aromatic carbocycles. The Kier molecular flexibility index (Phi) is 4.07. The summed E-state index contributed by atoms with van der Waals surface area (Å²) in [5.41, 5.74) is 0.137. The van der Waals surface area contributed by atoms with Gasteiger partial charge in [-0.05, 0) is 38.4 Å². The molecule has 4 heteroatoms. The van der Waals surface area contributed by atoms with Gasteiger partial charge in [-0.3, -0.25) is 0 Å². The van der Waals surface area contributed by atoms with Crippen molar-refractivity contribution in [3.05, 3.63) is 35.4 Å². The molecule has 1 saturated heterocycles. The van der Waals surface area contributed by atoms with E-state index in [1.807, 2.05) is 0 Å². The van der Waals surface area contributed by atoms with Crippen molar-refractivity contribution in [1.29, 1.82) is 0 Å². The lowest BCUT2D eigenvalue weighted by Crippen LogP contribution is -2.44. The van der Waals surface area contributed by atoms with Gasteiger partial charge in [-0.1, -0.05) is 6.07 Å². The maximum absolute atomic E-state index is 13.6. The van der Waals surface area contributed by atoms with Crippen molar-refractivity contribution in [3.63, 3.8) is 0 Å². The number of nitrogens with one attached hydrogen (secondary N) is 2. The zero-order valence-corrected chi connectivity index (χ0v) is 9.97. The van der Waals surface area contributed by atoms with Crippen LogP contribution in [-0.4, -0.2) is 19.1 Å². The van der Waals surface area contributed by atoms with E-state index >= 15 is 0 Å². The van der Waals surface area contributed by atoms with Crippen LogP contribution in [0.1, 0.15) is 31.4 Å². The molecule has 2 nitrogen and oxygen atoms in total. The fourth-order valence-corrected chi connectivity index (χ4v) is 2.36. The molecule has 1 fully saturated rings. The fraction of sp³-hybridized carbons (Fsp3) is 0.538. The van der Waals surface area contributed by atoms with Gasteiger partial charge in [0.25, 0.3) is 0 Å². The van der Waals surface area contributed by atoms with Crippen LogP contribution in [0.3, 0.4) is 0 Å². The minimum atomic E-state index is -0.478. The number of halogens is 2. The van der Waals surface area contributed by atoms with Gasteiger partial charge in [-0.2, -0.15) is 0 Å². The Labute approximate surface area is 100 Å². The number of rotatable bonds is 3. The average Bonchev–Trinajstić information content (AvgIpc) is 2.30. The Balaban J connectivity index is 2.05. The van der Waals surface area contributed by atoms with Crippen LogP contribution in [0.15, 0.2) is 18.2 Å². The highest BCUT2D eigenvalue weighted by Crippen LogP contribution is 2.21. The van der Waals surface area contributed by atoms with Crippen LogP contribution >= 0.6 is 0 Å². The summed E-state index contributed by atoms with van der Waals surface area (Å²) in [6.07, 6.45) is 2.15. The maximum atomic E-state index is 13.6. The predicted molar refractivity (Wildman–Crippen MR) is 63.8 cm³/mol. The van der Waals surface area contributed by atoms with E-state index in [1.54, 1.807) is 6.92 Å². The largest absolute Gasteiger partial charge is 0.315 e. The Bertz CT molecular complexity index is 355. The Morgan fingerprint density at radius 3 is 2.65 bits per heavy atom. The molecule has 0 radical (unpaired) electrons. The van der Waals surface area contributed by atoms with Gasteiger partial charge in [-0.25, -0.2) is 8.78 Å². The first-order chi connectivity index (χ1) is 8.18. The zero-order chi connectivity index (χ0) is 12.3. The quantitative estimate of drug-likeness (QED) is 0.847. The fourth-order valence-electron chi connectivity index (χ4n) is 2.36. The summed E-state index contributed by atoms with van der Waals surface area (Å²) < 4.78 is 27.1. The molecule has 1 aromatic rings. The average molecular weight is 240 g/mol. The van der Waals surface area contributed by atoms with E-state index in [2.05, 4.69) is 10.6 Å². The highest BCUT2D eigenvalue weighted by Gasteiger charge is 2.20. The van der Waals surface area contributed by atoms with Crippen LogP contribution in [-0.2, 0) is 0 Å². The van der Waals surface area contributed by atoms with Crippen molar-refractivity contribution in [2.45, 2.75) is 31.8 Å². The molecule has 0 amide bonds. The summed E-state index contributed by atoms with van der Waals surface area (Å²) in [6, 6.07) is 3.98. The first-order valence-electron chi connectivity index (χ1n) is 6.09. The van der Waals surface area contributed by atoms with Crippen LogP contribution < -0.4 is 10.6 Å². The van der Waals surface area contributed by atoms with Gasteiger partial charge in [0.2, 0.25) is 0 Å². The van der Waals surface area contributed by atoms with Gasteiger partial charge in [0.1, 0.15) is 11.6 Å². The standard InChI is InChI=1S/C13H18F2N2/c1-9(17-10-4-3-7-16-8-10)13-11(14)5-2-6-12(13)15/h2,5-6,9-10,16-17H,3-4,7-8H2,1H3.